The highest BCUT2D eigenvalue weighted by atomic mass is 16.3. The second kappa shape index (κ2) is 6.36. The molecule has 2 rings (SSSR count). The number of aliphatic hydroxyl groups excluding tert-OH is 1. The fourth-order valence-corrected chi connectivity index (χ4v) is 3.72. The first kappa shape index (κ1) is 14.3. The number of nitrogens with zero attached hydrogens (tertiary/aromatic N) is 1. The molecule has 0 spiro atoms. The summed E-state index contributed by atoms with van der Waals surface area (Å²) in [5, 5.41) is 13.3. The van der Waals surface area contributed by atoms with Crippen molar-refractivity contribution in [3.05, 3.63) is 0 Å². The monoisotopic (exact) mass is 254 g/mol. The maximum atomic E-state index is 9.73. The van der Waals surface area contributed by atoms with Gasteiger partial charge in [0.15, 0.2) is 0 Å². The van der Waals surface area contributed by atoms with Gasteiger partial charge in [-0.2, -0.15) is 0 Å². The molecular weight excluding hydrogens is 224 g/mol. The molecule has 1 saturated heterocycles. The molecule has 106 valence electrons. The van der Waals surface area contributed by atoms with Crippen molar-refractivity contribution < 1.29 is 5.11 Å². The molecule has 18 heavy (non-hydrogen) atoms. The van der Waals surface area contributed by atoms with Gasteiger partial charge in [-0.15, -0.1) is 0 Å². The average molecular weight is 254 g/mol. The highest BCUT2D eigenvalue weighted by molar-refractivity contribution is 4.99. The number of hydrogen-bond donors (Lipinski definition) is 2. The zero-order chi connectivity index (χ0) is 13.0. The number of rotatable bonds is 5. The highest BCUT2D eigenvalue weighted by Gasteiger charge is 2.40. The van der Waals surface area contributed by atoms with Gasteiger partial charge in [-0.1, -0.05) is 13.8 Å². The van der Waals surface area contributed by atoms with Crippen molar-refractivity contribution in [2.45, 2.75) is 64.0 Å². The summed E-state index contributed by atoms with van der Waals surface area (Å²) in [6.45, 7) is 8.42. The first-order chi connectivity index (χ1) is 8.69. The molecule has 0 aromatic heterocycles. The van der Waals surface area contributed by atoms with Crippen LogP contribution < -0.4 is 5.32 Å². The SMILES string of the molecule is CCCNC1(CO)CCC(N2CCCC(C)C2)C1. The van der Waals surface area contributed by atoms with Gasteiger partial charge >= 0.3 is 0 Å². The van der Waals surface area contributed by atoms with E-state index in [1.165, 1.54) is 32.4 Å². The number of piperidine rings is 1. The molecule has 3 nitrogen and oxygen atoms in total. The van der Waals surface area contributed by atoms with Crippen molar-refractivity contribution in [2.75, 3.05) is 26.2 Å². The van der Waals surface area contributed by atoms with E-state index in [1.807, 2.05) is 0 Å². The Hall–Kier alpha value is -0.120. The van der Waals surface area contributed by atoms with Crippen molar-refractivity contribution in [3.63, 3.8) is 0 Å². The van der Waals surface area contributed by atoms with Crippen LogP contribution in [0.2, 0.25) is 0 Å². The maximum Gasteiger partial charge on any atom is 0.0613 e. The highest BCUT2D eigenvalue weighted by Crippen LogP contribution is 2.34. The van der Waals surface area contributed by atoms with Gasteiger partial charge in [-0.25, -0.2) is 0 Å². The van der Waals surface area contributed by atoms with E-state index in [2.05, 4.69) is 24.1 Å². The van der Waals surface area contributed by atoms with Crippen LogP contribution in [0.3, 0.4) is 0 Å². The van der Waals surface area contributed by atoms with Gasteiger partial charge in [0, 0.05) is 18.1 Å². The molecule has 3 heteroatoms. The molecule has 0 amide bonds. The lowest BCUT2D eigenvalue weighted by Gasteiger charge is -2.37. The fraction of sp³-hybridized carbons (Fsp3) is 1.00. The molecular formula is C15H30N2O. The maximum absolute atomic E-state index is 9.73. The van der Waals surface area contributed by atoms with Gasteiger partial charge in [0.2, 0.25) is 0 Å². The lowest BCUT2D eigenvalue weighted by atomic mass is 9.96. The van der Waals surface area contributed by atoms with Gasteiger partial charge in [0.1, 0.15) is 0 Å². The topological polar surface area (TPSA) is 35.5 Å². The van der Waals surface area contributed by atoms with E-state index in [4.69, 9.17) is 0 Å². The molecule has 3 unspecified atom stereocenters. The Morgan fingerprint density at radius 1 is 1.39 bits per heavy atom. The number of likely N-dealkylation sites (tertiary alicyclic amines) is 1. The minimum absolute atomic E-state index is 0.0152. The quantitative estimate of drug-likeness (QED) is 0.788. The van der Waals surface area contributed by atoms with Crippen LogP contribution >= 0.6 is 0 Å². The Balaban J connectivity index is 1.89. The van der Waals surface area contributed by atoms with Crippen LogP contribution in [0.5, 0.6) is 0 Å². The third kappa shape index (κ3) is 3.25. The van der Waals surface area contributed by atoms with Crippen LogP contribution in [0.1, 0.15) is 52.4 Å². The lowest BCUT2D eigenvalue weighted by Crippen LogP contribution is -2.49. The largest absolute Gasteiger partial charge is 0.394 e. The molecule has 2 fully saturated rings. The Morgan fingerprint density at radius 3 is 2.89 bits per heavy atom. The zero-order valence-corrected chi connectivity index (χ0v) is 12.1. The van der Waals surface area contributed by atoms with E-state index in [0.717, 1.165) is 31.7 Å². The Morgan fingerprint density at radius 2 is 2.22 bits per heavy atom. The van der Waals surface area contributed by atoms with E-state index < -0.39 is 0 Å². The molecule has 0 bridgehead atoms. The molecule has 1 aliphatic carbocycles. The van der Waals surface area contributed by atoms with Crippen LogP contribution in [-0.4, -0.2) is 47.8 Å². The predicted octanol–water partition coefficient (Wildman–Crippen LogP) is 2.00. The molecule has 1 saturated carbocycles. The van der Waals surface area contributed by atoms with E-state index in [0.29, 0.717) is 12.6 Å². The molecule has 0 radical (unpaired) electrons. The van der Waals surface area contributed by atoms with Crippen molar-refractivity contribution in [3.8, 4) is 0 Å². The van der Waals surface area contributed by atoms with Gasteiger partial charge in [0.05, 0.1) is 6.61 Å². The first-order valence-electron chi connectivity index (χ1n) is 7.79. The molecule has 0 aromatic carbocycles. The molecule has 0 aromatic rings. The normalized spacial score (nSPS) is 38.2. The third-order valence-electron chi connectivity index (χ3n) is 4.84. The fourth-order valence-electron chi connectivity index (χ4n) is 3.72. The summed E-state index contributed by atoms with van der Waals surface area (Å²) in [5.41, 5.74) is 0.0152. The smallest absolute Gasteiger partial charge is 0.0613 e. The van der Waals surface area contributed by atoms with Crippen LogP contribution in [0, 0.1) is 5.92 Å². The van der Waals surface area contributed by atoms with Crippen molar-refractivity contribution in [1.82, 2.24) is 10.2 Å². The van der Waals surface area contributed by atoms with Crippen LogP contribution in [0.4, 0.5) is 0 Å². The number of aliphatic hydroxyl groups is 1. The van der Waals surface area contributed by atoms with Gasteiger partial charge in [-0.05, 0) is 57.5 Å². The van der Waals surface area contributed by atoms with E-state index in [1.54, 1.807) is 0 Å². The second-order valence-corrected chi connectivity index (χ2v) is 6.50. The Kier molecular flexibility index (Phi) is 5.05. The summed E-state index contributed by atoms with van der Waals surface area (Å²) >= 11 is 0. The van der Waals surface area contributed by atoms with Crippen LogP contribution in [0.15, 0.2) is 0 Å². The average Bonchev–Trinajstić information content (AvgIpc) is 2.82. The molecule has 3 atom stereocenters. The van der Waals surface area contributed by atoms with Crippen LogP contribution in [0.25, 0.3) is 0 Å². The zero-order valence-electron chi connectivity index (χ0n) is 12.1. The van der Waals surface area contributed by atoms with E-state index in [9.17, 15) is 5.11 Å². The van der Waals surface area contributed by atoms with E-state index >= 15 is 0 Å². The summed E-state index contributed by atoms with van der Waals surface area (Å²) in [6, 6.07) is 0.698. The van der Waals surface area contributed by atoms with Gasteiger partial charge in [-0.3, -0.25) is 0 Å². The Labute approximate surface area is 112 Å². The third-order valence-corrected chi connectivity index (χ3v) is 4.84. The van der Waals surface area contributed by atoms with Crippen molar-refractivity contribution in [1.29, 1.82) is 0 Å². The summed E-state index contributed by atoms with van der Waals surface area (Å²) in [7, 11) is 0. The summed E-state index contributed by atoms with van der Waals surface area (Å²) in [4.78, 5) is 2.68. The van der Waals surface area contributed by atoms with Gasteiger partial charge < -0.3 is 15.3 Å². The van der Waals surface area contributed by atoms with Gasteiger partial charge in [0.25, 0.3) is 0 Å². The lowest BCUT2D eigenvalue weighted by molar-refractivity contribution is 0.112. The minimum Gasteiger partial charge on any atom is -0.394 e. The van der Waals surface area contributed by atoms with Crippen molar-refractivity contribution >= 4 is 0 Å². The molecule has 1 aliphatic heterocycles. The summed E-state index contributed by atoms with van der Waals surface area (Å²) < 4.78 is 0. The molecule has 2 N–H and O–H groups in total. The molecule has 1 heterocycles. The summed E-state index contributed by atoms with van der Waals surface area (Å²) in [6.07, 6.45) is 7.42. The predicted molar refractivity (Wildman–Crippen MR) is 75.7 cm³/mol. The number of nitrogens with one attached hydrogen (secondary N) is 1. The second-order valence-electron chi connectivity index (χ2n) is 6.50. The molecule has 2 aliphatic rings. The number of hydrogen-bond acceptors (Lipinski definition) is 3. The Bertz CT molecular complexity index is 259. The standard InChI is InChI=1S/C15H30N2O/c1-3-8-16-15(12-18)7-6-14(10-15)17-9-4-5-13(2)11-17/h13-14,16,18H,3-12H2,1-2H3. The van der Waals surface area contributed by atoms with Crippen LogP contribution in [-0.2, 0) is 0 Å². The van der Waals surface area contributed by atoms with Crippen molar-refractivity contribution in [2.24, 2.45) is 5.92 Å². The minimum atomic E-state index is 0.0152. The summed E-state index contributed by atoms with van der Waals surface area (Å²) in [5.74, 6) is 0.853. The first-order valence-corrected chi connectivity index (χ1v) is 7.79. The van der Waals surface area contributed by atoms with E-state index in [-0.39, 0.29) is 5.54 Å².